The largest absolute Gasteiger partial charge is 0.363 e. The maximum absolute atomic E-state index is 12.6. The number of carbonyl (C=O) groups is 1. The molecule has 1 N–H and O–H groups in total. The van der Waals surface area contributed by atoms with Gasteiger partial charge in [0.2, 0.25) is 5.91 Å². The summed E-state index contributed by atoms with van der Waals surface area (Å²) in [6, 6.07) is 16.0. The lowest BCUT2D eigenvalue weighted by Crippen LogP contribution is -2.48. The molecular weight excluding hydrogens is 432 g/mol. The second kappa shape index (κ2) is 9.80. The average Bonchev–Trinajstić information content (AvgIpc) is 3.22. The highest BCUT2D eigenvalue weighted by atomic mass is 35.5. The number of benzene rings is 2. The zero-order chi connectivity index (χ0) is 22.5. The Kier molecular flexibility index (Phi) is 6.67. The molecule has 0 aliphatic carbocycles. The van der Waals surface area contributed by atoms with E-state index in [1.54, 1.807) is 35.1 Å². The molecule has 0 radical (unpaired) electrons. The molecule has 0 spiro atoms. The minimum atomic E-state index is -0.360. The molecule has 1 aliphatic heterocycles. The lowest BCUT2D eigenvalue weighted by atomic mass is 10.2. The number of nitro groups is 1. The van der Waals surface area contributed by atoms with Gasteiger partial charge in [0.25, 0.3) is 5.69 Å². The Bertz CT molecular complexity index is 1110. The molecule has 2 heterocycles. The molecule has 0 unspecified atom stereocenters. The number of halogens is 1. The molecule has 0 atom stereocenters. The summed E-state index contributed by atoms with van der Waals surface area (Å²) in [4.78, 5) is 27.6. The Morgan fingerprint density at radius 2 is 1.78 bits per heavy atom. The van der Waals surface area contributed by atoms with E-state index in [1.165, 1.54) is 6.07 Å². The van der Waals surface area contributed by atoms with Gasteiger partial charge in [0.1, 0.15) is 11.5 Å². The fraction of sp³-hybridized carbons (Fsp3) is 0.273. The van der Waals surface area contributed by atoms with Gasteiger partial charge in [0.05, 0.1) is 24.2 Å². The number of nitrogens with zero attached hydrogens (tertiary/aromatic N) is 5. The fourth-order valence-electron chi connectivity index (χ4n) is 3.77. The quantitative estimate of drug-likeness (QED) is 0.435. The summed E-state index contributed by atoms with van der Waals surface area (Å²) in [7, 11) is 0. The summed E-state index contributed by atoms with van der Waals surface area (Å²) >= 11 is 6.23. The summed E-state index contributed by atoms with van der Waals surface area (Å²) in [5.74, 6) is 0.471. The van der Waals surface area contributed by atoms with Crippen LogP contribution in [0.3, 0.4) is 0 Å². The molecule has 0 saturated carbocycles. The van der Waals surface area contributed by atoms with Crippen molar-refractivity contribution >= 4 is 34.7 Å². The first-order valence-corrected chi connectivity index (χ1v) is 10.6. The van der Waals surface area contributed by atoms with E-state index in [2.05, 4.69) is 10.4 Å². The van der Waals surface area contributed by atoms with E-state index in [4.69, 9.17) is 11.6 Å². The van der Waals surface area contributed by atoms with Gasteiger partial charge < -0.3 is 10.2 Å². The van der Waals surface area contributed by atoms with E-state index in [0.717, 1.165) is 5.56 Å². The Balaban J connectivity index is 1.32. The topological polar surface area (TPSA) is 96.5 Å². The predicted octanol–water partition coefficient (Wildman–Crippen LogP) is 3.25. The molecule has 166 valence electrons. The lowest BCUT2D eigenvalue weighted by Gasteiger charge is -2.35. The van der Waals surface area contributed by atoms with Crippen molar-refractivity contribution in [3.05, 3.63) is 81.5 Å². The maximum atomic E-state index is 12.6. The van der Waals surface area contributed by atoms with Crippen LogP contribution in [0.4, 0.5) is 17.2 Å². The molecule has 0 bridgehead atoms. The third-order valence-electron chi connectivity index (χ3n) is 5.42. The Morgan fingerprint density at radius 3 is 2.53 bits per heavy atom. The number of hydrogen-bond donors (Lipinski definition) is 1. The summed E-state index contributed by atoms with van der Waals surface area (Å²) in [5, 5.41) is 19.1. The second-order valence-corrected chi connectivity index (χ2v) is 7.93. The number of amides is 1. The van der Waals surface area contributed by atoms with Crippen molar-refractivity contribution < 1.29 is 9.72 Å². The van der Waals surface area contributed by atoms with Crippen LogP contribution in [-0.2, 0) is 11.3 Å². The van der Waals surface area contributed by atoms with E-state index < -0.39 is 0 Å². The summed E-state index contributed by atoms with van der Waals surface area (Å²) in [6.45, 7) is 3.20. The van der Waals surface area contributed by atoms with Gasteiger partial charge in [-0.05, 0) is 17.7 Å². The first-order chi connectivity index (χ1) is 15.5. The van der Waals surface area contributed by atoms with Gasteiger partial charge in [-0.1, -0.05) is 41.9 Å². The minimum absolute atomic E-state index is 0.102. The van der Waals surface area contributed by atoms with Crippen molar-refractivity contribution in [2.45, 2.75) is 6.54 Å². The lowest BCUT2D eigenvalue weighted by molar-refractivity contribution is -0.384. The van der Waals surface area contributed by atoms with Gasteiger partial charge in [-0.15, -0.1) is 0 Å². The molecule has 4 rings (SSSR count). The van der Waals surface area contributed by atoms with Crippen molar-refractivity contribution in [2.75, 3.05) is 42.9 Å². The van der Waals surface area contributed by atoms with Crippen molar-refractivity contribution in [2.24, 2.45) is 0 Å². The summed E-state index contributed by atoms with van der Waals surface area (Å²) < 4.78 is 1.70. The highest BCUT2D eigenvalue weighted by Gasteiger charge is 2.24. The minimum Gasteiger partial charge on any atom is -0.363 e. The summed E-state index contributed by atoms with van der Waals surface area (Å²) in [5.41, 5.74) is 1.63. The molecule has 1 aliphatic rings. The third-order valence-corrected chi connectivity index (χ3v) is 5.79. The first-order valence-electron chi connectivity index (χ1n) is 10.3. The Labute approximate surface area is 190 Å². The normalized spacial score (nSPS) is 14.3. The van der Waals surface area contributed by atoms with Crippen LogP contribution in [0.2, 0.25) is 5.02 Å². The number of aromatic nitrogens is 2. The molecule has 1 fully saturated rings. The SMILES string of the molecule is O=C(CN1CCN(c2ccccc2[N+](=O)[O-])CC1)Nc1ccnn1Cc1ccccc1Cl. The number of rotatable bonds is 7. The van der Waals surface area contributed by atoms with Crippen LogP contribution in [-0.4, -0.2) is 58.2 Å². The van der Waals surface area contributed by atoms with E-state index in [-0.39, 0.29) is 23.1 Å². The number of hydrogen-bond acceptors (Lipinski definition) is 6. The molecule has 1 amide bonds. The van der Waals surface area contributed by atoms with Crippen LogP contribution in [0.25, 0.3) is 0 Å². The molecule has 3 aromatic rings. The zero-order valence-corrected chi connectivity index (χ0v) is 18.1. The smallest absolute Gasteiger partial charge is 0.292 e. The van der Waals surface area contributed by atoms with Crippen molar-refractivity contribution in [3.8, 4) is 0 Å². The van der Waals surface area contributed by atoms with Crippen molar-refractivity contribution in [3.63, 3.8) is 0 Å². The van der Waals surface area contributed by atoms with Crippen LogP contribution in [0.15, 0.2) is 60.8 Å². The number of carbonyl (C=O) groups excluding carboxylic acids is 1. The Hall–Kier alpha value is -3.43. The number of nitro benzene ring substituents is 1. The van der Waals surface area contributed by atoms with E-state index in [0.29, 0.717) is 49.3 Å². The summed E-state index contributed by atoms with van der Waals surface area (Å²) in [6.07, 6.45) is 1.64. The molecule has 9 nitrogen and oxygen atoms in total. The van der Waals surface area contributed by atoms with Crippen LogP contribution >= 0.6 is 11.6 Å². The third kappa shape index (κ3) is 5.06. The van der Waals surface area contributed by atoms with Crippen LogP contribution < -0.4 is 10.2 Å². The van der Waals surface area contributed by atoms with Crippen LogP contribution in [0.1, 0.15) is 5.56 Å². The second-order valence-electron chi connectivity index (χ2n) is 7.52. The van der Waals surface area contributed by atoms with Gasteiger partial charge in [-0.2, -0.15) is 5.10 Å². The van der Waals surface area contributed by atoms with Crippen LogP contribution in [0, 0.1) is 10.1 Å². The fourth-order valence-corrected chi connectivity index (χ4v) is 3.97. The van der Waals surface area contributed by atoms with E-state index in [9.17, 15) is 14.9 Å². The van der Waals surface area contributed by atoms with Gasteiger partial charge >= 0.3 is 0 Å². The van der Waals surface area contributed by atoms with Gasteiger partial charge in [-0.3, -0.25) is 19.8 Å². The maximum Gasteiger partial charge on any atom is 0.292 e. The average molecular weight is 455 g/mol. The highest BCUT2D eigenvalue weighted by molar-refractivity contribution is 6.31. The van der Waals surface area contributed by atoms with E-state index >= 15 is 0 Å². The predicted molar refractivity (Wildman–Crippen MR) is 123 cm³/mol. The van der Waals surface area contributed by atoms with Crippen molar-refractivity contribution in [1.82, 2.24) is 14.7 Å². The molecule has 1 aromatic heterocycles. The van der Waals surface area contributed by atoms with Crippen LogP contribution in [0.5, 0.6) is 0 Å². The van der Waals surface area contributed by atoms with Crippen molar-refractivity contribution in [1.29, 1.82) is 0 Å². The number of para-hydroxylation sites is 2. The van der Waals surface area contributed by atoms with Gasteiger partial charge in [-0.25, -0.2) is 4.68 Å². The first kappa shape index (κ1) is 21.8. The highest BCUT2D eigenvalue weighted by Crippen LogP contribution is 2.28. The molecule has 2 aromatic carbocycles. The molecule has 32 heavy (non-hydrogen) atoms. The van der Waals surface area contributed by atoms with Gasteiger partial charge in [0, 0.05) is 43.3 Å². The molecular formula is C22H23ClN6O3. The van der Waals surface area contributed by atoms with E-state index in [1.807, 2.05) is 34.1 Å². The zero-order valence-electron chi connectivity index (χ0n) is 17.4. The monoisotopic (exact) mass is 454 g/mol. The molecule has 10 heteroatoms. The Morgan fingerprint density at radius 1 is 1.06 bits per heavy atom. The molecule has 1 saturated heterocycles. The number of piperazine rings is 1. The van der Waals surface area contributed by atoms with Gasteiger partial charge in [0.15, 0.2) is 0 Å². The number of nitrogens with one attached hydrogen (secondary N) is 1. The number of anilines is 2. The standard InChI is InChI=1S/C22H23ClN6O3/c23-18-6-2-1-5-17(18)15-28-21(9-10-24-28)25-22(30)16-26-11-13-27(14-12-26)19-7-3-4-8-20(19)29(31)32/h1-10H,11-16H2,(H,25,30).